The summed E-state index contributed by atoms with van der Waals surface area (Å²) in [6.45, 7) is 5.43. The van der Waals surface area contributed by atoms with Crippen LogP contribution in [0.1, 0.15) is 36.9 Å². The minimum Gasteiger partial charge on any atom is -0.379 e. The highest BCUT2D eigenvalue weighted by molar-refractivity contribution is 5.75. The van der Waals surface area contributed by atoms with E-state index in [4.69, 9.17) is 4.74 Å². The van der Waals surface area contributed by atoms with Crippen LogP contribution in [-0.2, 0) is 28.9 Å². The highest BCUT2D eigenvalue weighted by atomic mass is 16.5. The smallest absolute Gasteiger partial charge is 0.241 e. The average Bonchev–Trinajstić information content (AvgIpc) is 2.89. The summed E-state index contributed by atoms with van der Waals surface area (Å²) in [5.74, 6) is 0.0498. The zero-order chi connectivity index (χ0) is 15.9. The quantitative estimate of drug-likeness (QED) is 0.879. The number of morpholine rings is 1. The number of nitrogens with one attached hydrogen (secondary N) is 1. The molecule has 0 saturated carbocycles. The Morgan fingerprint density at radius 1 is 1.17 bits per heavy atom. The number of rotatable bonds is 5. The molecule has 0 unspecified atom stereocenters. The van der Waals surface area contributed by atoms with Crippen molar-refractivity contribution < 1.29 is 9.53 Å². The third-order valence-corrected chi connectivity index (χ3v) is 4.69. The third-order valence-electron chi connectivity index (χ3n) is 4.69. The van der Waals surface area contributed by atoms with Crippen LogP contribution in [0.4, 0.5) is 0 Å². The standard InChI is InChI=1S/C17H28N4O2/c22-17(18-7-8-20-9-11-23-12-10-20)14-21-13-15-5-3-1-2-4-6-16(15)19-21/h13H,1-12,14H2,(H,18,22). The topological polar surface area (TPSA) is 59.4 Å². The van der Waals surface area contributed by atoms with Gasteiger partial charge >= 0.3 is 0 Å². The van der Waals surface area contributed by atoms with Crippen LogP contribution in [0.5, 0.6) is 0 Å². The first-order chi connectivity index (χ1) is 11.3. The summed E-state index contributed by atoms with van der Waals surface area (Å²) in [6.07, 6.45) is 9.30. The Bertz CT molecular complexity index is 483. The largest absolute Gasteiger partial charge is 0.379 e. The Balaban J connectivity index is 1.43. The Labute approximate surface area is 138 Å². The Morgan fingerprint density at radius 3 is 2.78 bits per heavy atom. The number of nitrogens with zero attached hydrogens (tertiary/aromatic N) is 3. The van der Waals surface area contributed by atoms with E-state index in [-0.39, 0.29) is 5.91 Å². The normalized spacial score (nSPS) is 19.7. The molecule has 0 radical (unpaired) electrons. The van der Waals surface area contributed by atoms with Gasteiger partial charge in [0.15, 0.2) is 0 Å². The Kier molecular flexibility index (Phi) is 6.05. The average molecular weight is 320 g/mol. The molecule has 6 nitrogen and oxygen atoms in total. The summed E-state index contributed by atoms with van der Waals surface area (Å²) in [5.41, 5.74) is 2.54. The number of hydrogen-bond acceptors (Lipinski definition) is 4. The van der Waals surface area contributed by atoms with Gasteiger partial charge < -0.3 is 10.1 Å². The first kappa shape index (κ1) is 16.5. The molecule has 1 aliphatic carbocycles. The first-order valence-corrected chi connectivity index (χ1v) is 8.93. The molecule has 1 aromatic heterocycles. The van der Waals surface area contributed by atoms with Crippen LogP contribution < -0.4 is 5.32 Å². The van der Waals surface area contributed by atoms with Crippen molar-refractivity contribution in [3.05, 3.63) is 17.5 Å². The van der Waals surface area contributed by atoms with Gasteiger partial charge in [0, 0.05) is 32.4 Å². The minimum atomic E-state index is 0.0498. The molecule has 3 rings (SSSR count). The maximum Gasteiger partial charge on any atom is 0.241 e. The van der Waals surface area contributed by atoms with Gasteiger partial charge in [-0.2, -0.15) is 5.10 Å². The maximum absolute atomic E-state index is 12.1. The summed E-state index contributed by atoms with van der Waals surface area (Å²) in [5, 5.41) is 7.62. The van der Waals surface area contributed by atoms with E-state index in [2.05, 4.69) is 21.5 Å². The number of carbonyl (C=O) groups excluding carboxylic acids is 1. The van der Waals surface area contributed by atoms with E-state index in [9.17, 15) is 4.79 Å². The van der Waals surface area contributed by atoms with Gasteiger partial charge in [-0.15, -0.1) is 0 Å². The second-order valence-electron chi connectivity index (χ2n) is 6.52. The lowest BCUT2D eigenvalue weighted by molar-refractivity contribution is -0.121. The monoisotopic (exact) mass is 320 g/mol. The zero-order valence-electron chi connectivity index (χ0n) is 13.9. The van der Waals surface area contributed by atoms with Crippen molar-refractivity contribution in [2.75, 3.05) is 39.4 Å². The van der Waals surface area contributed by atoms with E-state index in [1.54, 1.807) is 0 Å². The van der Waals surface area contributed by atoms with E-state index in [0.717, 1.165) is 45.7 Å². The molecule has 2 aliphatic rings. The van der Waals surface area contributed by atoms with E-state index < -0.39 is 0 Å². The van der Waals surface area contributed by atoms with Crippen molar-refractivity contribution in [2.24, 2.45) is 0 Å². The van der Waals surface area contributed by atoms with Gasteiger partial charge in [-0.1, -0.05) is 12.8 Å². The molecule has 0 atom stereocenters. The fourth-order valence-corrected chi connectivity index (χ4v) is 3.35. The van der Waals surface area contributed by atoms with Gasteiger partial charge in [-0.05, 0) is 31.2 Å². The fourth-order valence-electron chi connectivity index (χ4n) is 3.35. The second kappa shape index (κ2) is 8.45. The maximum atomic E-state index is 12.1. The van der Waals surface area contributed by atoms with Crippen LogP contribution >= 0.6 is 0 Å². The SMILES string of the molecule is O=C(Cn1cc2c(n1)CCCCCC2)NCCN1CCOCC1. The van der Waals surface area contributed by atoms with Gasteiger partial charge in [-0.3, -0.25) is 14.4 Å². The summed E-state index contributed by atoms with van der Waals surface area (Å²) in [7, 11) is 0. The number of carbonyl (C=O) groups is 1. The summed E-state index contributed by atoms with van der Waals surface area (Å²) < 4.78 is 7.14. The molecule has 1 fully saturated rings. The van der Waals surface area contributed by atoms with E-state index >= 15 is 0 Å². The van der Waals surface area contributed by atoms with Gasteiger partial charge in [-0.25, -0.2) is 0 Å². The molecule has 0 spiro atoms. The number of aryl methyl sites for hydroxylation is 2. The molecule has 128 valence electrons. The predicted octanol–water partition coefficient (Wildman–Crippen LogP) is 0.991. The lowest BCUT2D eigenvalue weighted by Gasteiger charge is -2.26. The molecular weight excluding hydrogens is 292 g/mol. The fraction of sp³-hybridized carbons (Fsp3) is 0.765. The number of ether oxygens (including phenoxy) is 1. The van der Waals surface area contributed by atoms with Crippen molar-refractivity contribution >= 4 is 5.91 Å². The zero-order valence-corrected chi connectivity index (χ0v) is 13.9. The van der Waals surface area contributed by atoms with Crippen LogP contribution in [0, 0.1) is 0 Å². The molecular formula is C17H28N4O2. The van der Waals surface area contributed by atoms with Crippen LogP contribution in [0.3, 0.4) is 0 Å². The van der Waals surface area contributed by atoms with E-state index in [1.165, 1.54) is 36.9 Å². The molecule has 0 bridgehead atoms. The summed E-state index contributed by atoms with van der Waals surface area (Å²) >= 11 is 0. The highest BCUT2D eigenvalue weighted by Crippen LogP contribution is 2.18. The molecule has 1 saturated heterocycles. The molecule has 2 heterocycles. The lowest BCUT2D eigenvalue weighted by Crippen LogP contribution is -2.41. The molecule has 0 aromatic carbocycles. The van der Waals surface area contributed by atoms with Gasteiger partial charge in [0.2, 0.25) is 5.91 Å². The molecule has 6 heteroatoms. The van der Waals surface area contributed by atoms with E-state index in [1.807, 2.05) is 4.68 Å². The van der Waals surface area contributed by atoms with Crippen LogP contribution in [0.25, 0.3) is 0 Å². The van der Waals surface area contributed by atoms with Crippen molar-refractivity contribution in [3.63, 3.8) is 0 Å². The Morgan fingerprint density at radius 2 is 1.96 bits per heavy atom. The Hall–Kier alpha value is -1.40. The first-order valence-electron chi connectivity index (χ1n) is 8.93. The molecule has 1 aromatic rings. The predicted molar refractivity (Wildman–Crippen MR) is 88.4 cm³/mol. The van der Waals surface area contributed by atoms with Crippen molar-refractivity contribution in [1.29, 1.82) is 0 Å². The molecule has 1 amide bonds. The lowest BCUT2D eigenvalue weighted by atomic mass is 9.99. The van der Waals surface area contributed by atoms with Crippen molar-refractivity contribution in [3.8, 4) is 0 Å². The second-order valence-corrected chi connectivity index (χ2v) is 6.52. The number of hydrogen-bond donors (Lipinski definition) is 1. The number of fused-ring (bicyclic) bond motifs is 1. The van der Waals surface area contributed by atoms with E-state index in [0.29, 0.717) is 13.1 Å². The van der Waals surface area contributed by atoms with Crippen LogP contribution in [-0.4, -0.2) is 60.0 Å². The molecule has 1 aliphatic heterocycles. The molecule has 1 N–H and O–H groups in total. The van der Waals surface area contributed by atoms with Gasteiger partial charge in [0.25, 0.3) is 0 Å². The minimum absolute atomic E-state index is 0.0498. The van der Waals surface area contributed by atoms with Crippen LogP contribution in [0.2, 0.25) is 0 Å². The van der Waals surface area contributed by atoms with Crippen molar-refractivity contribution in [1.82, 2.24) is 20.0 Å². The highest BCUT2D eigenvalue weighted by Gasteiger charge is 2.14. The number of aromatic nitrogens is 2. The summed E-state index contributed by atoms with van der Waals surface area (Å²) in [6, 6.07) is 0. The van der Waals surface area contributed by atoms with Gasteiger partial charge in [0.05, 0.1) is 18.9 Å². The molecule has 23 heavy (non-hydrogen) atoms. The van der Waals surface area contributed by atoms with Crippen LogP contribution in [0.15, 0.2) is 6.20 Å². The number of amides is 1. The third kappa shape index (κ3) is 5.04. The van der Waals surface area contributed by atoms with Gasteiger partial charge in [0.1, 0.15) is 6.54 Å². The summed E-state index contributed by atoms with van der Waals surface area (Å²) in [4.78, 5) is 14.4. The van der Waals surface area contributed by atoms with Crippen molar-refractivity contribution in [2.45, 2.75) is 45.1 Å².